The molecule has 2 rings (SSSR count). The molecule has 0 unspecified atom stereocenters. The zero-order chi connectivity index (χ0) is 13.8. The number of para-hydroxylation sites is 1. The third kappa shape index (κ3) is 2.79. The molecule has 0 saturated heterocycles. The van der Waals surface area contributed by atoms with Crippen LogP contribution in [0.2, 0.25) is 0 Å². The molecular formula is C13H13N3O3. The molecular weight excluding hydrogens is 246 g/mol. The van der Waals surface area contributed by atoms with Gasteiger partial charge in [0.15, 0.2) is 0 Å². The zero-order valence-electron chi connectivity index (χ0n) is 10.6. The molecule has 6 nitrogen and oxygen atoms in total. The number of nitrogens with zero attached hydrogens (tertiary/aromatic N) is 2. The number of benzene rings is 1. The largest absolute Gasteiger partial charge is 0.481 e. The summed E-state index contributed by atoms with van der Waals surface area (Å²) in [6.07, 6.45) is 1.56. The second-order valence-electron chi connectivity index (χ2n) is 3.94. The van der Waals surface area contributed by atoms with Crippen LogP contribution in [0.15, 0.2) is 36.5 Å². The molecule has 0 bridgehead atoms. The maximum absolute atomic E-state index is 11.1. The van der Waals surface area contributed by atoms with Gasteiger partial charge in [-0.3, -0.25) is 10.1 Å². The van der Waals surface area contributed by atoms with Crippen molar-refractivity contribution in [3.8, 4) is 5.88 Å². The first-order chi connectivity index (χ1) is 9.11. The standard InChI is InChI=1S/C13H13N3O3/c1-9-4-3-5-11(13(9)16(17)18)15-10-6-7-12(19-2)14-8-10/h3-8,15H,1-2H3. The van der Waals surface area contributed by atoms with E-state index in [0.29, 0.717) is 22.8 Å². The summed E-state index contributed by atoms with van der Waals surface area (Å²) in [5.74, 6) is 0.490. The van der Waals surface area contributed by atoms with Crippen LogP contribution < -0.4 is 10.1 Å². The van der Waals surface area contributed by atoms with Gasteiger partial charge in [0.05, 0.1) is 23.9 Å². The number of anilines is 2. The minimum atomic E-state index is -0.394. The fraction of sp³-hybridized carbons (Fsp3) is 0.154. The summed E-state index contributed by atoms with van der Waals surface area (Å²) < 4.78 is 4.95. The van der Waals surface area contributed by atoms with Gasteiger partial charge in [-0.2, -0.15) is 0 Å². The fourth-order valence-corrected chi connectivity index (χ4v) is 1.73. The van der Waals surface area contributed by atoms with Gasteiger partial charge in [-0.15, -0.1) is 0 Å². The van der Waals surface area contributed by atoms with E-state index in [4.69, 9.17) is 4.74 Å². The van der Waals surface area contributed by atoms with Crippen LogP contribution in [-0.2, 0) is 0 Å². The Morgan fingerprint density at radius 2 is 2.11 bits per heavy atom. The van der Waals surface area contributed by atoms with Gasteiger partial charge in [0.1, 0.15) is 5.69 Å². The summed E-state index contributed by atoms with van der Waals surface area (Å²) in [7, 11) is 1.53. The molecule has 1 aromatic carbocycles. The number of hydrogen-bond donors (Lipinski definition) is 1. The third-order valence-electron chi connectivity index (χ3n) is 2.64. The third-order valence-corrected chi connectivity index (χ3v) is 2.64. The highest BCUT2D eigenvalue weighted by molar-refractivity contribution is 5.71. The van der Waals surface area contributed by atoms with Crippen LogP contribution in [-0.4, -0.2) is 17.0 Å². The number of nitrogens with one attached hydrogen (secondary N) is 1. The highest BCUT2D eigenvalue weighted by Gasteiger charge is 2.16. The number of hydrogen-bond acceptors (Lipinski definition) is 5. The molecule has 0 aliphatic rings. The van der Waals surface area contributed by atoms with Crippen LogP contribution in [0.5, 0.6) is 5.88 Å². The highest BCUT2D eigenvalue weighted by atomic mass is 16.6. The topological polar surface area (TPSA) is 77.3 Å². The van der Waals surface area contributed by atoms with E-state index in [1.807, 2.05) is 0 Å². The SMILES string of the molecule is COc1ccc(Nc2cccc(C)c2[N+](=O)[O-])cn1. The molecule has 19 heavy (non-hydrogen) atoms. The molecule has 0 amide bonds. The number of ether oxygens (including phenoxy) is 1. The molecule has 0 fully saturated rings. The van der Waals surface area contributed by atoms with Crippen molar-refractivity contribution in [3.05, 3.63) is 52.2 Å². The van der Waals surface area contributed by atoms with Crippen molar-refractivity contribution in [2.24, 2.45) is 0 Å². The second-order valence-corrected chi connectivity index (χ2v) is 3.94. The van der Waals surface area contributed by atoms with Gasteiger partial charge in [-0.25, -0.2) is 4.98 Å². The van der Waals surface area contributed by atoms with Gasteiger partial charge in [0.2, 0.25) is 5.88 Å². The molecule has 0 aliphatic carbocycles. The summed E-state index contributed by atoms with van der Waals surface area (Å²) in [5, 5.41) is 14.0. The van der Waals surface area contributed by atoms with Crippen LogP contribution in [0.4, 0.5) is 17.1 Å². The van der Waals surface area contributed by atoms with Crippen LogP contribution >= 0.6 is 0 Å². The molecule has 0 radical (unpaired) electrons. The van der Waals surface area contributed by atoms with E-state index < -0.39 is 4.92 Å². The van der Waals surface area contributed by atoms with Crippen molar-refractivity contribution in [1.29, 1.82) is 0 Å². The second kappa shape index (κ2) is 5.34. The lowest BCUT2D eigenvalue weighted by atomic mass is 10.1. The Labute approximate surface area is 110 Å². The summed E-state index contributed by atoms with van der Waals surface area (Å²) in [5.41, 5.74) is 1.78. The Balaban J connectivity index is 2.32. The van der Waals surface area contributed by atoms with Gasteiger partial charge in [-0.1, -0.05) is 12.1 Å². The predicted molar refractivity (Wildman–Crippen MR) is 71.9 cm³/mol. The summed E-state index contributed by atoms with van der Waals surface area (Å²) in [4.78, 5) is 14.7. The highest BCUT2D eigenvalue weighted by Crippen LogP contribution is 2.30. The normalized spacial score (nSPS) is 10.0. The number of aromatic nitrogens is 1. The smallest absolute Gasteiger partial charge is 0.295 e. The van der Waals surface area contributed by atoms with Gasteiger partial charge in [-0.05, 0) is 19.1 Å². The lowest BCUT2D eigenvalue weighted by Gasteiger charge is -2.08. The predicted octanol–water partition coefficient (Wildman–Crippen LogP) is 3.05. The first kappa shape index (κ1) is 12.8. The summed E-state index contributed by atoms with van der Waals surface area (Å²) >= 11 is 0. The minimum Gasteiger partial charge on any atom is -0.481 e. The molecule has 0 aliphatic heterocycles. The number of nitro benzene ring substituents is 1. The molecule has 2 aromatic rings. The molecule has 0 atom stereocenters. The quantitative estimate of drug-likeness (QED) is 0.674. The number of rotatable bonds is 4. The van der Waals surface area contributed by atoms with E-state index in [1.54, 1.807) is 43.5 Å². The van der Waals surface area contributed by atoms with Gasteiger partial charge in [0.25, 0.3) is 5.69 Å². The Morgan fingerprint density at radius 3 is 2.68 bits per heavy atom. The van der Waals surface area contributed by atoms with E-state index in [1.165, 1.54) is 7.11 Å². The molecule has 1 heterocycles. The molecule has 0 spiro atoms. The molecule has 1 aromatic heterocycles. The monoisotopic (exact) mass is 259 g/mol. The lowest BCUT2D eigenvalue weighted by molar-refractivity contribution is -0.384. The van der Waals surface area contributed by atoms with Crippen LogP contribution in [0.1, 0.15) is 5.56 Å². The van der Waals surface area contributed by atoms with Crippen molar-refractivity contribution in [2.45, 2.75) is 6.92 Å². The van der Waals surface area contributed by atoms with Gasteiger partial charge >= 0.3 is 0 Å². The van der Waals surface area contributed by atoms with E-state index in [0.717, 1.165) is 0 Å². The van der Waals surface area contributed by atoms with E-state index in [-0.39, 0.29) is 5.69 Å². The lowest BCUT2D eigenvalue weighted by Crippen LogP contribution is -1.99. The van der Waals surface area contributed by atoms with Crippen molar-refractivity contribution >= 4 is 17.1 Å². The number of pyridine rings is 1. The van der Waals surface area contributed by atoms with Crippen LogP contribution in [0, 0.1) is 17.0 Å². The van der Waals surface area contributed by atoms with Crippen molar-refractivity contribution < 1.29 is 9.66 Å². The van der Waals surface area contributed by atoms with Gasteiger partial charge < -0.3 is 10.1 Å². The summed E-state index contributed by atoms with van der Waals surface area (Å²) in [6, 6.07) is 8.56. The van der Waals surface area contributed by atoms with Crippen LogP contribution in [0.3, 0.4) is 0 Å². The molecule has 98 valence electrons. The zero-order valence-corrected chi connectivity index (χ0v) is 10.6. The van der Waals surface area contributed by atoms with E-state index in [2.05, 4.69) is 10.3 Å². The average molecular weight is 259 g/mol. The minimum absolute atomic E-state index is 0.0679. The molecule has 6 heteroatoms. The van der Waals surface area contributed by atoms with Crippen molar-refractivity contribution in [1.82, 2.24) is 4.98 Å². The van der Waals surface area contributed by atoms with E-state index >= 15 is 0 Å². The molecule has 1 N–H and O–H groups in total. The Hall–Kier alpha value is -2.63. The summed E-state index contributed by atoms with van der Waals surface area (Å²) in [6.45, 7) is 1.70. The van der Waals surface area contributed by atoms with Crippen molar-refractivity contribution in [3.63, 3.8) is 0 Å². The van der Waals surface area contributed by atoms with Crippen molar-refractivity contribution in [2.75, 3.05) is 12.4 Å². The van der Waals surface area contributed by atoms with E-state index in [9.17, 15) is 10.1 Å². The molecule has 0 saturated carbocycles. The first-order valence-corrected chi connectivity index (χ1v) is 5.63. The Morgan fingerprint density at radius 1 is 1.32 bits per heavy atom. The number of methoxy groups -OCH3 is 1. The Kier molecular flexibility index (Phi) is 3.61. The number of nitro groups is 1. The fourth-order valence-electron chi connectivity index (χ4n) is 1.73. The average Bonchev–Trinajstić information content (AvgIpc) is 2.39. The first-order valence-electron chi connectivity index (χ1n) is 5.63. The Bertz CT molecular complexity index is 597. The maximum Gasteiger partial charge on any atom is 0.295 e. The maximum atomic E-state index is 11.1. The number of aryl methyl sites for hydroxylation is 1. The van der Waals surface area contributed by atoms with Crippen LogP contribution in [0.25, 0.3) is 0 Å². The van der Waals surface area contributed by atoms with Gasteiger partial charge in [0, 0.05) is 11.6 Å².